The molecule has 0 spiro atoms. The van der Waals surface area contributed by atoms with Gasteiger partial charge in [0.05, 0.1) is 10.6 Å². The first-order valence-corrected chi connectivity index (χ1v) is 10.8. The summed E-state index contributed by atoms with van der Waals surface area (Å²) in [6.07, 6.45) is 0. The van der Waals surface area contributed by atoms with Gasteiger partial charge in [0.15, 0.2) is 9.84 Å². The molecule has 2 heterocycles. The maximum Gasteiger partial charge on any atom is 0.317 e. The molecule has 1 saturated heterocycles. The van der Waals surface area contributed by atoms with Crippen molar-refractivity contribution < 1.29 is 13.2 Å². The normalized spacial score (nSPS) is 22.3. The van der Waals surface area contributed by atoms with Crippen molar-refractivity contribution in [3.05, 3.63) is 29.8 Å². The summed E-state index contributed by atoms with van der Waals surface area (Å²) in [5.41, 5.74) is 0.687. The zero-order valence-electron chi connectivity index (χ0n) is 15.5. The fraction of sp³-hybridized carbons (Fsp3) is 0.611. The topological polar surface area (TPSA) is 73.0 Å². The third-order valence-corrected chi connectivity index (χ3v) is 6.87. The van der Waals surface area contributed by atoms with Gasteiger partial charge in [-0.05, 0) is 25.6 Å². The molecule has 0 bridgehead atoms. The van der Waals surface area contributed by atoms with E-state index in [0.29, 0.717) is 17.0 Å². The first-order chi connectivity index (χ1) is 12.3. The summed E-state index contributed by atoms with van der Waals surface area (Å²) < 4.78 is 24.8. The first-order valence-electron chi connectivity index (χ1n) is 9.12. The number of piperazine rings is 1. The molecule has 0 radical (unpaired) electrons. The molecular weight excluding hydrogens is 352 g/mol. The minimum Gasteiger partial charge on any atom is -0.334 e. The lowest BCUT2D eigenvalue weighted by Gasteiger charge is -2.34. The average Bonchev–Trinajstić information content (AvgIpc) is 2.73. The van der Waals surface area contributed by atoms with E-state index in [9.17, 15) is 13.2 Å². The summed E-state index contributed by atoms with van der Waals surface area (Å²) in [7, 11) is -1.22. The Bertz CT molecular complexity index is 745. The van der Waals surface area contributed by atoms with Crippen LogP contribution in [0.25, 0.3) is 0 Å². The molecule has 1 N–H and O–H groups in total. The predicted octanol–water partition coefficient (Wildman–Crippen LogP) is 0.621. The van der Waals surface area contributed by atoms with E-state index in [1.165, 1.54) is 0 Å². The van der Waals surface area contributed by atoms with E-state index in [4.69, 9.17) is 0 Å². The van der Waals surface area contributed by atoms with Crippen LogP contribution < -0.4 is 5.32 Å². The third-order valence-electron chi connectivity index (χ3n) is 5.08. The molecule has 0 saturated carbocycles. The summed E-state index contributed by atoms with van der Waals surface area (Å²) in [5.74, 6) is -0.0374. The maximum atomic E-state index is 12.7. The average molecular weight is 381 g/mol. The number of fused-ring (bicyclic) bond motifs is 1. The van der Waals surface area contributed by atoms with Crippen molar-refractivity contribution in [1.82, 2.24) is 20.0 Å². The lowest BCUT2D eigenvalue weighted by molar-refractivity contribution is 0.141. The molecule has 144 valence electrons. The predicted molar refractivity (Wildman–Crippen MR) is 101 cm³/mol. The SMILES string of the molecule is CC(CN1CCN(C)CC1)NC(=O)N1CCS(=O)(=O)c2ccccc2C1. The number of rotatable bonds is 3. The Morgan fingerprint density at radius 3 is 2.58 bits per heavy atom. The number of nitrogens with zero attached hydrogens (tertiary/aromatic N) is 3. The molecule has 8 heteroatoms. The van der Waals surface area contributed by atoms with Gasteiger partial charge in [-0.1, -0.05) is 18.2 Å². The quantitative estimate of drug-likeness (QED) is 0.832. The van der Waals surface area contributed by atoms with Crippen LogP contribution in [0.3, 0.4) is 0 Å². The Balaban J connectivity index is 1.60. The van der Waals surface area contributed by atoms with Crippen LogP contribution >= 0.6 is 0 Å². The summed E-state index contributed by atoms with van der Waals surface area (Å²) in [6, 6.07) is 6.77. The lowest BCUT2D eigenvalue weighted by Crippen LogP contribution is -2.51. The number of amides is 2. The maximum absolute atomic E-state index is 12.7. The summed E-state index contributed by atoms with van der Waals surface area (Å²) in [6.45, 7) is 7.44. The number of benzene rings is 1. The summed E-state index contributed by atoms with van der Waals surface area (Å²) in [5, 5.41) is 3.03. The number of hydrogen-bond donors (Lipinski definition) is 1. The van der Waals surface area contributed by atoms with Crippen LogP contribution in [0.1, 0.15) is 12.5 Å². The highest BCUT2D eigenvalue weighted by Crippen LogP contribution is 2.22. The number of urea groups is 1. The van der Waals surface area contributed by atoms with Crippen molar-refractivity contribution in [1.29, 1.82) is 0 Å². The van der Waals surface area contributed by atoms with Gasteiger partial charge in [0.25, 0.3) is 0 Å². The molecule has 2 aliphatic rings. The van der Waals surface area contributed by atoms with Gasteiger partial charge in [-0.25, -0.2) is 13.2 Å². The van der Waals surface area contributed by atoms with Crippen molar-refractivity contribution in [2.75, 3.05) is 52.1 Å². The van der Waals surface area contributed by atoms with Crippen LogP contribution in [0.2, 0.25) is 0 Å². The van der Waals surface area contributed by atoms with Gasteiger partial charge < -0.3 is 15.1 Å². The van der Waals surface area contributed by atoms with E-state index in [1.807, 2.05) is 13.0 Å². The van der Waals surface area contributed by atoms with Crippen molar-refractivity contribution in [2.45, 2.75) is 24.4 Å². The van der Waals surface area contributed by atoms with Crippen LogP contribution in [-0.4, -0.2) is 87.3 Å². The van der Waals surface area contributed by atoms with Gasteiger partial charge in [-0.3, -0.25) is 4.90 Å². The number of hydrogen-bond acceptors (Lipinski definition) is 5. The van der Waals surface area contributed by atoms with Crippen molar-refractivity contribution >= 4 is 15.9 Å². The smallest absolute Gasteiger partial charge is 0.317 e. The van der Waals surface area contributed by atoms with Gasteiger partial charge in [0.1, 0.15) is 0 Å². The van der Waals surface area contributed by atoms with Crippen molar-refractivity contribution in [3.8, 4) is 0 Å². The first kappa shape index (κ1) is 19.1. The number of nitrogens with one attached hydrogen (secondary N) is 1. The second kappa shape index (κ2) is 7.94. The summed E-state index contributed by atoms with van der Waals surface area (Å²) in [4.78, 5) is 19.3. The Labute approximate surface area is 155 Å². The molecule has 0 aromatic heterocycles. The van der Waals surface area contributed by atoms with E-state index in [1.54, 1.807) is 23.1 Å². The van der Waals surface area contributed by atoms with Crippen LogP contribution in [0.4, 0.5) is 4.79 Å². The minimum atomic E-state index is -3.34. The highest BCUT2D eigenvalue weighted by atomic mass is 32.2. The van der Waals surface area contributed by atoms with E-state index < -0.39 is 9.84 Å². The Kier molecular flexibility index (Phi) is 5.84. The molecule has 0 aliphatic carbocycles. The fourth-order valence-corrected chi connectivity index (χ4v) is 5.00. The Morgan fingerprint density at radius 2 is 1.85 bits per heavy atom. The van der Waals surface area contributed by atoms with Crippen LogP contribution in [0, 0.1) is 0 Å². The molecule has 2 amide bonds. The molecule has 7 nitrogen and oxygen atoms in total. The van der Waals surface area contributed by atoms with Crippen LogP contribution in [0.15, 0.2) is 29.2 Å². The molecular formula is C18H28N4O3S. The van der Waals surface area contributed by atoms with Gasteiger partial charge in [0.2, 0.25) is 0 Å². The largest absolute Gasteiger partial charge is 0.334 e. The van der Waals surface area contributed by atoms with Crippen LogP contribution in [0.5, 0.6) is 0 Å². The zero-order valence-corrected chi connectivity index (χ0v) is 16.3. The number of carbonyl (C=O) groups excluding carboxylic acids is 1. The highest BCUT2D eigenvalue weighted by molar-refractivity contribution is 7.91. The number of sulfone groups is 1. The second-order valence-electron chi connectivity index (χ2n) is 7.30. The number of carbonyl (C=O) groups is 1. The van der Waals surface area contributed by atoms with Gasteiger partial charge in [-0.2, -0.15) is 0 Å². The second-order valence-corrected chi connectivity index (χ2v) is 9.38. The number of likely N-dealkylation sites (N-methyl/N-ethyl adjacent to an activating group) is 1. The monoisotopic (exact) mass is 380 g/mol. The molecule has 1 aromatic carbocycles. The fourth-order valence-electron chi connectivity index (χ4n) is 3.50. The van der Waals surface area contributed by atoms with E-state index >= 15 is 0 Å². The van der Waals surface area contributed by atoms with E-state index in [0.717, 1.165) is 32.7 Å². The zero-order chi connectivity index (χ0) is 18.7. The summed E-state index contributed by atoms with van der Waals surface area (Å²) >= 11 is 0. The standard InChI is InChI=1S/C18H28N4O3S/c1-15(13-21-9-7-20(2)8-10-21)19-18(23)22-11-12-26(24,25)17-6-4-3-5-16(17)14-22/h3-6,15H,7-14H2,1-2H3,(H,19,23). The molecule has 1 aromatic rings. The van der Waals surface area contributed by atoms with Gasteiger partial charge in [-0.15, -0.1) is 0 Å². The molecule has 3 rings (SSSR count). The van der Waals surface area contributed by atoms with Crippen LogP contribution in [-0.2, 0) is 16.4 Å². The molecule has 1 atom stereocenters. The molecule has 1 unspecified atom stereocenters. The minimum absolute atomic E-state index is 0.0148. The molecule has 1 fully saturated rings. The Morgan fingerprint density at radius 1 is 1.15 bits per heavy atom. The third kappa shape index (κ3) is 4.55. The van der Waals surface area contributed by atoms with E-state index in [2.05, 4.69) is 22.2 Å². The van der Waals surface area contributed by atoms with Crippen molar-refractivity contribution in [3.63, 3.8) is 0 Å². The molecule has 26 heavy (non-hydrogen) atoms. The molecule has 2 aliphatic heterocycles. The van der Waals surface area contributed by atoms with Gasteiger partial charge >= 0.3 is 6.03 Å². The van der Waals surface area contributed by atoms with Gasteiger partial charge in [0, 0.05) is 51.9 Å². The highest BCUT2D eigenvalue weighted by Gasteiger charge is 2.28. The Hall–Kier alpha value is -1.64. The van der Waals surface area contributed by atoms with E-state index in [-0.39, 0.29) is 24.4 Å². The lowest BCUT2D eigenvalue weighted by atomic mass is 10.2. The van der Waals surface area contributed by atoms with Crippen molar-refractivity contribution in [2.24, 2.45) is 0 Å².